The highest BCUT2D eigenvalue weighted by atomic mass is 19.2. The molecule has 22 heavy (non-hydrogen) atoms. The summed E-state index contributed by atoms with van der Waals surface area (Å²) in [6.45, 7) is 3.94. The van der Waals surface area contributed by atoms with Gasteiger partial charge in [-0.1, -0.05) is 25.1 Å². The molecule has 0 saturated carbocycles. The average Bonchev–Trinajstić information content (AvgIpc) is 2.98. The van der Waals surface area contributed by atoms with Gasteiger partial charge in [0.1, 0.15) is 0 Å². The lowest BCUT2D eigenvalue weighted by atomic mass is 10.1. The third kappa shape index (κ3) is 3.04. The van der Waals surface area contributed by atoms with Crippen LogP contribution in [0.25, 0.3) is 0 Å². The van der Waals surface area contributed by atoms with Gasteiger partial charge in [-0.15, -0.1) is 0 Å². The van der Waals surface area contributed by atoms with E-state index in [0.717, 1.165) is 29.7 Å². The molecule has 3 rings (SSSR count). The Morgan fingerprint density at radius 1 is 1.05 bits per heavy atom. The Balaban J connectivity index is 1.73. The molecule has 116 valence electrons. The van der Waals surface area contributed by atoms with Crippen LogP contribution in [0.4, 0.5) is 8.78 Å². The van der Waals surface area contributed by atoms with Crippen molar-refractivity contribution in [2.45, 2.75) is 20.0 Å². The molecular weight excluding hydrogens is 288 g/mol. The third-order valence-electron chi connectivity index (χ3n) is 3.72. The zero-order valence-corrected chi connectivity index (χ0v) is 12.3. The van der Waals surface area contributed by atoms with Crippen molar-refractivity contribution in [3.8, 4) is 11.5 Å². The number of fused-ring (bicyclic) bond motifs is 1. The van der Waals surface area contributed by atoms with E-state index in [4.69, 9.17) is 9.47 Å². The molecule has 0 fully saturated rings. The maximum Gasteiger partial charge on any atom is 0.231 e. The van der Waals surface area contributed by atoms with E-state index in [1.165, 1.54) is 6.07 Å². The van der Waals surface area contributed by atoms with Gasteiger partial charge < -0.3 is 9.47 Å². The molecule has 0 atom stereocenters. The van der Waals surface area contributed by atoms with E-state index < -0.39 is 11.6 Å². The molecule has 0 bridgehead atoms. The summed E-state index contributed by atoms with van der Waals surface area (Å²) < 4.78 is 37.7. The van der Waals surface area contributed by atoms with E-state index >= 15 is 0 Å². The molecule has 1 heterocycles. The van der Waals surface area contributed by atoms with Crippen molar-refractivity contribution in [3.05, 3.63) is 59.2 Å². The van der Waals surface area contributed by atoms with Gasteiger partial charge in [-0.2, -0.15) is 0 Å². The molecular formula is C17H17F2NO2. The lowest BCUT2D eigenvalue weighted by molar-refractivity contribution is 0.174. The van der Waals surface area contributed by atoms with Crippen LogP contribution in [0.5, 0.6) is 11.5 Å². The lowest BCUT2D eigenvalue weighted by Crippen LogP contribution is -2.23. The standard InChI is InChI=1S/C17H17F2NO2/c1-2-20(10-13-4-3-5-14(18)17(13)19)9-12-6-7-15-16(8-12)22-11-21-15/h3-8H,2,9-11H2,1H3. The highest BCUT2D eigenvalue weighted by Gasteiger charge is 2.15. The Morgan fingerprint density at radius 3 is 2.68 bits per heavy atom. The van der Waals surface area contributed by atoms with Crippen molar-refractivity contribution in [3.63, 3.8) is 0 Å². The molecule has 0 spiro atoms. The van der Waals surface area contributed by atoms with Gasteiger partial charge in [0.15, 0.2) is 23.1 Å². The monoisotopic (exact) mass is 305 g/mol. The number of hydrogen-bond acceptors (Lipinski definition) is 3. The number of ether oxygens (including phenoxy) is 2. The van der Waals surface area contributed by atoms with E-state index in [-0.39, 0.29) is 6.79 Å². The Hall–Kier alpha value is -2.14. The first-order chi connectivity index (χ1) is 10.7. The van der Waals surface area contributed by atoms with Crippen molar-refractivity contribution in [1.29, 1.82) is 0 Å². The van der Waals surface area contributed by atoms with Crippen LogP contribution in [0.15, 0.2) is 36.4 Å². The van der Waals surface area contributed by atoms with Crippen molar-refractivity contribution in [2.75, 3.05) is 13.3 Å². The van der Waals surface area contributed by atoms with E-state index in [2.05, 4.69) is 0 Å². The Kier molecular flexibility index (Phi) is 4.24. The van der Waals surface area contributed by atoms with Crippen LogP contribution in [0, 0.1) is 11.6 Å². The Labute approximate surface area is 128 Å². The van der Waals surface area contributed by atoms with Gasteiger partial charge in [0.25, 0.3) is 0 Å². The first-order valence-corrected chi connectivity index (χ1v) is 7.21. The van der Waals surface area contributed by atoms with Gasteiger partial charge >= 0.3 is 0 Å². The van der Waals surface area contributed by atoms with Crippen LogP contribution >= 0.6 is 0 Å². The minimum absolute atomic E-state index is 0.241. The van der Waals surface area contributed by atoms with Gasteiger partial charge in [0, 0.05) is 18.7 Å². The predicted molar refractivity (Wildman–Crippen MR) is 78.7 cm³/mol. The fourth-order valence-electron chi connectivity index (χ4n) is 2.49. The number of benzene rings is 2. The molecule has 0 radical (unpaired) electrons. The molecule has 5 heteroatoms. The minimum Gasteiger partial charge on any atom is -0.454 e. The van der Waals surface area contributed by atoms with E-state index in [1.807, 2.05) is 30.0 Å². The predicted octanol–water partition coefficient (Wildman–Crippen LogP) is 3.72. The molecule has 1 aliphatic rings. The van der Waals surface area contributed by atoms with E-state index in [0.29, 0.717) is 18.7 Å². The molecule has 3 nitrogen and oxygen atoms in total. The molecule has 0 saturated heterocycles. The summed E-state index contributed by atoms with van der Waals surface area (Å²) in [4.78, 5) is 2.04. The number of nitrogens with zero attached hydrogens (tertiary/aromatic N) is 1. The summed E-state index contributed by atoms with van der Waals surface area (Å²) in [5.41, 5.74) is 1.41. The molecule has 0 N–H and O–H groups in total. The fourth-order valence-corrected chi connectivity index (χ4v) is 2.49. The Morgan fingerprint density at radius 2 is 1.86 bits per heavy atom. The summed E-state index contributed by atoms with van der Waals surface area (Å²) in [6.07, 6.45) is 0. The quantitative estimate of drug-likeness (QED) is 0.840. The SMILES string of the molecule is CCN(Cc1ccc2c(c1)OCO2)Cc1cccc(F)c1F. The fraction of sp³-hybridized carbons (Fsp3) is 0.294. The smallest absolute Gasteiger partial charge is 0.231 e. The summed E-state index contributed by atoms with van der Waals surface area (Å²) in [6, 6.07) is 10.0. The van der Waals surface area contributed by atoms with Crippen molar-refractivity contribution in [1.82, 2.24) is 4.90 Å². The van der Waals surface area contributed by atoms with Gasteiger partial charge in [-0.3, -0.25) is 4.90 Å². The van der Waals surface area contributed by atoms with Crippen LogP contribution in [0.2, 0.25) is 0 Å². The molecule has 0 amide bonds. The van der Waals surface area contributed by atoms with Crippen molar-refractivity contribution >= 4 is 0 Å². The zero-order chi connectivity index (χ0) is 15.5. The Bertz CT molecular complexity index is 676. The maximum absolute atomic E-state index is 13.8. The first kappa shape index (κ1) is 14.8. The lowest BCUT2D eigenvalue weighted by Gasteiger charge is -2.21. The molecule has 2 aromatic carbocycles. The second kappa shape index (κ2) is 6.32. The van der Waals surface area contributed by atoms with Crippen LogP contribution in [0.1, 0.15) is 18.1 Å². The summed E-state index contributed by atoms with van der Waals surface area (Å²) in [7, 11) is 0. The molecule has 0 aliphatic carbocycles. The van der Waals surface area contributed by atoms with E-state index in [9.17, 15) is 8.78 Å². The van der Waals surface area contributed by atoms with Gasteiger partial charge in [0.05, 0.1) is 0 Å². The van der Waals surface area contributed by atoms with Gasteiger partial charge in [-0.25, -0.2) is 8.78 Å². The second-order valence-electron chi connectivity index (χ2n) is 5.20. The zero-order valence-electron chi connectivity index (χ0n) is 12.3. The normalized spacial score (nSPS) is 12.9. The van der Waals surface area contributed by atoms with Gasteiger partial charge in [-0.05, 0) is 30.3 Å². The number of rotatable bonds is 5. The van der Waals surface area contributed by atoms with Crippen LogP contribution in [-0.2, 0) is 13.1 Å². The summed E-state index contributed by atoms with van der Waals surface area (Å²) >= 11 is 0. The van der Waals surface area contributed by atoms with Crippen LogP contribution in [-0.4, -0.2) is 18.2 Å². The minimum atomic E-state index is -0.809. The highest BCUT2D eigenvalue weighted by molar-refractivity contribution is 5.44. The van der Waals surface area contributed by atoms with Crippen molar-refractivity contribution in [2.24, 2.45) is 0 Å². The number of halogens is 2. The summed E-state index contributed by atoms with van der Waals surface area (Å²) in [5.74, 6) is -0.114. The summed E-state index contributed by atoms with van der Waals surface area (Å²) in [5, 5.41) is 0. The van der Waals surface area contributed by atoms with Crippen LogP contribution in [0.3, 0.4) is 0 Å². The van der Waals surface area contributed by atoms with Gasteiger partial charge in [0.2, 0.25) is 6.79 Å². The second-order valence-corrected chi connectivity index (χ2v) is 5.20. The van der Waals surface area contributed by atoms with Crippen LogP contribution < -0.4 is 9.47 Å². The number of hydrogen-bond donors (Lipinski definition) is 0. The topological polar surface area (TPSA) is 21.7 Å². The molecule has 0 aromatic heterocycles. The highest BCUT2D eigenvalue weighted by Crippen LogP contribution is 2.32. The first-order valence-electron chi connectivity index (χ1n) is 7.21. The molecule has 0 unspecified atom stereocenters. The third-order valence-corrected chi connectivity index (χ3v) is 3.72. The molecule has 1 aliphatic heterocycles. The van der Waals surface area contributed by atoms with Crippen molar-refractivity contribution < 1.29 is 18.3 Å². The average molecular weight is 305 g/mol. The molecule has 2 aromatic rings. The van der Waals surface area contributed by atoms with E-state index in [1.54, 1.807) is 6.07 Å². The maximum atomic E-state index is 13.8. The largest absolute Gasteiger partial charge is 0.454 e.